The molecule has 0 spiro atoms. The fourth-order valence-corrected chi connectivity index (χ4v) is 2.61. The number of carbonyl (C=O) groups is 1. The number of rotatable bonds is 10. The minimum absolute atomic E-state index is 0.134. The predicted octanol–water partition coefficient (Wildman–Crippen LogP) is 4.27. The van der Waals surface area contributed by atoms with Crippen molar-refractivity contribution >= 4 is 5.91 Å². The van der Waals surface area contributed by atoms with E-state index in [-0.39, 0.29) is 5.91 Å². The van der Waals surface area contributed by atoms with Crippen LogP contribution in [0.1, 0.15) is 38.3 Å². The number of amides is 1. The maximum absolute atomic E-state index is 12.5. The molecule has 1 atom stereocenters. The quantitative estimate of drug-likeness (QED) is 0.678. The highest BCUT2D eigenvalue weighted by molar-refractivity contribution is 5.81. The molecule has 0 aliphatic carbocycles. The van der Waals surface area contributed by atoms with Gasteiger partial charge in [0.15, 0.2) is 17.6 Å². The van der Waals surface area contributed by atoms with Crippen LogP contribution in [0.25, 0.3) is 0 Å². The van der Waals surface area contributed by atoms with E-state index in [9.17, 15) is 4.79 Å². The van der Waals surface area contributed by atoms with Crippen molar-refractivity contribution in [1.29, 1.82) is 0 Å². The first kappa shape index (κ1) is 20.6. The fraction of sp³-hybridized carbons (Fsp3) is 0.409. The van der Waals surface area contributed by atoms with E-state index in [0.717, 1.165) is 11.1 Å². The standard InChI is InChI=1S/C22H29NO4/c1-5-19(27-18-11-8-16(4)9-12-18)22(24)23-15-17-10-13-20(25-6-2)21(14-17)26-7-3/h8-14,19H,5-7,15H2,1-4H3,(H,23,24)/t19-/m0/s1. The number of ether oxygens (including phenoxy) is 3. The van der Waals surface area contributed by atoms with Crippen molar-refractivity contribution in [2.45, 2.75) is 46.8 Å². The summed E-state index contributed by atoms with van der Waals surface area (Å²) in [5.41, 5.74) is 2.10. The average molecular weight is 371 g/mol. The molecule has 0 unspecified atom stereocenters. The Kier molecular flexibility index (Phi) is 7.99. The molecule has 0 saturated carbocycles. The number of aryl methyl sites for hydroxylation is 1. The third kappa shape index (κ3) is 6.20. The summed E-state index contributed by atoms with van der Waals surface area (Å²) < 4.78 is 17.0. The van der Waals surface area contributed by atoms with E-state index in [1.165, 1.54) is 0 Å². The molecule has 146 valence electrons. The maximum atomic E-state index is 12.5. The van der Waals surface area contributed by atoms with Crippen LogP contribution in [0, 0.1) is 6.92 Å². The topological polar surface area (TPSA) is 56.8 Å². The Labute approximate surface area is 161 Å². The van der Waals surface area contributed by atoms with Crippen molar-refractivity contribution in [2.75, 3.05) is 13.2 Å². The minimum atomic E-state index is -0.526. The lowest BCUT2D eigenvalue weighted by molar-refractivity contribution is -0.128. The molecule has 2 aromatic carbocycles. The number of carbonyl (C=O) groups excluding carboxylic acids is 1. The summed E-state index contributed by atoms with van der Waals surface area (Å²) in [4.78, 5) is 12.5. The molecule has 0 heterocycles. The van der Waals surface area contributed by atoms with Gasteiger partial charge in [-0.2, -0.15) is 0 Å². The van der Waals surface area contributed by atoms with Gasteiger partial charge in [-0.05, 0) is 57.0 Å². The zero-order valence-electron chi connectivity index (χ0n) is 16.6. The van der Waals surface area contributed by atoms with E-state index in [1.54, 1.807) is 0 Å². The molecule has 5 nitrogen and oxygen atoms in total. The Morgan fingerprint density at radius 2 is 1.63 bits per heavy atom. The van der Waals surface area contributed by atoms with Gasteiger partial charge >= 0.3 is 0 Å². The monoisotopic (exact) mass is 371 g/mol. The SMILES string of the molecule is CCOc1ccc(CNC(=O)[C@H](CC)Oc2ccc(C)cc2)cc1OCC. The highest BCUT2D eigenvalue weighted by Crippen LogP contribution is 2.28. The lowest BCUT2D eigenvalue weighted by Gasteiger charge is -2.18. The van der Waals surface area contributed by atoms with Crippen LogP contribution in [-0.2, 0) is 11.3 Å². The minimum Gasteiger partial charge on any atom is -0.490 e. The van der Waals surface area contributed by atoms with Crippen LogP contribution in [0.15, 0.2) is 42.5 Å². The summed E-state index contributed by atoms with van der Waals surface area (Å²) in [6.45, 7) is 9.34. The summed E-state index contributed by atoms with van der Waals surface area (Å²) in [5.74, 6) is 1.96. The second-order valence-electron chi connectivity index (χ2n) is 6.19. The van der Waals surface area contributed by atoms with Gasteiger partial charge in [-0.1, -0.05) is 30.7 Å². The second kappa shape index (κ2) is 10.5. The maximum Gasteiger partial charge on any atom is 0.261 e. The first-order chi connectivity index (χ1) is 13.1. The third-order valence-electron chi connectivity index (χ3n) is 4.04. The molecule has 1 N–H and O–H groups in total. The highest BCUT2D eigenvalue weighted by Gasteiger charge is 2.18. The fourth-order valence-electron chi connectivity index (χ4n) is 2.61. The number of nitrogens with one attached hydrogen (secondary N) is 1. The summed E-state index contributed by atoms with van der Waals surface area (Å²) in [5, 5.41) is 2.94. The van der Waals surface area contributed by atoms with Crippen LogP contribution in [0.2, 0.25) is 0 Å². The molecule has 0 bridgehead atoms. The zero-order chi connectivity index (χ0) is 19.6. The van der Waals surface area contributed by atoms with E-state index in [1.807, 2.05) is 70.2 Å². The second-order valence-corrected chi connectivity index (χ2v) is 6.19. The Hall–Kier alpha value is -2.69. The molecule has 0 aliphatic heterocycles. The predicted molar refractivity (Wildman–Crippen MR) is 107 cm³/mol. The van der Waals surface area contributed by atoms with E-state index in [4.69, 9.17) is 14.2 Å². The Morgan fingerprint density at radius 3 is 2.26 bits per heavy atom. The van der Waals surface area contributed by atoms with Crippen LogP contribution >= 0.6 is 0 Å². The van der Waals surface area contributed by atoms with Crippen molar-refractivity contribution in [1.82, 2.24) is 5.32 Å². The molecule has 2 rings (SSSR count). The van der Waals surface area contributed by atoms with Crippen molar-refractivity contribution in [3.05, 3.63) is 53.6 Å². The molecular formula is C22H29NO4. The van der Waals surface area contributed by atoms with E-state index < -0.39 is 6.10 Å². The van der Waals surface area contributed by atoms with Gasteiger partial charge in [-0.25, -0.2) is 0 Å². The Morgan fingerprint density at radius 1 is 0.963 bits per heavy atom. The lowest BCUT2D eigenvalue weighted by atomic mass is 10.2. The molecule has 0 fully saturated rings. The van der Waals surface area contributed by atoms with E-state index in [0.29, 0.717) is 43.4 Å². The van der Waals surface area contributed by atoms with Crippen LogP contribution in [0.5, 0.6) is 17.2 Å². The van der Waals surface area contributed by atoms with Gasteiger partial charge in [-0.3, -0.25) is 4.79 Å². The lowest BCUT2D eigenvalue weighted by Crippen LogP contribution is -2.37. The molecule has 0 saturated heterocycles. The van der Waals surface area contributed by atoms with Gasteiger partial charge in [0, 0.05) is 6.54 Å². The molecule has 1 amide bonds. The number of benzene rings is 2. The summed E-state index contributed by atoms with van der Waals surface area (Å²) >= 11 is 0. The molecule has 0 aromatic heterocycles. The Bertz CT molecular complexity index is 728. The van der Waals surface area contributed by atoms with Gasteiger partial charge < -0.3 is 19.5 Å². The largest absolute Gasteiger partial charge is 0.490 e. The number of hydrogen-bond donors (Lipinski definition) is 1. The molecule has 5 heteroatoms. The summed E-state index contributed by atoms with van der Waals surface area (Å²) in [6.07, 6.45) is 0.0643. The van der Waals surface area contributed by atoms with Crippen LogP contribution in [0.3, 0.4) is 0 Å². The first-order valence-electron chi connectivity index (χ1n) is 9.46. The number of hydrogen-bond acceptors (Lipinski definition) is 4. The van der Waals surface area contributed by atoms with Crippen molar-refractivity contribution < 1.29 is 19.0 Å². The first-order valence-corrected chi connectivity index (χ1v) is 9.46. The highest BCUT2D eigenvalue weighted by atomic mass is 16.5. The Balaban J connectivity index is 1.98. The summed E-state index contributed by atoms with van der Waals surface area (Å²) in [7, 11) is 0. The van der Waals surface area contributed by atoms with Gasteiger partial charge in [0.05, 0.1) is 13.2 Å². The van der Waals surface area contributed by atoms with Crippen molar-refractivity contribution in [3.63, 3.8) is 0 Å². The van der Waals surface area contributed by atoms with E-state index >= 15 is 0 Å². The van der Waals surface area contributed by atoms with Crippen molar-refractivity contribution in [2.24, 2.45) is 0 Å². The molecule has 0 aliphatic rings. The van der Waals surface area contributed by atoms with Crippen LogP contribution < -0.4 is 19.5 Å². The molecule has 0 radical (unpaired) electrons. The zero-order valence-corrected chi connectivity index (χ0v) is 16.6. The van der Waals surface area contributed by atoms with Gasteiger partial charge in [0.25, 0.3) is 5.91 Å². The molecular weight excluding hydrogens is 342 g/mol. The summed E-state index contributed by atoms with van der Waals surface area (Å²) in [6, 6.07) is 13.4. The molecule has 27 heavy (non-hydrogen) atoms. The van der Waals surface area contributed by atoms with Gasteiger partial charge in [0.1, 0.15) is 5.75 Å². The normalized spacial score (nSPS) is 11.6. The van der Waals surface area contributed by atoms with Gasteiger partial charge in [-0.15, -0.1) is 0 Å². The van der Waals surface area contributed by atoms with Crippen LogP contribution in [-0.4, -0.2) is 25.2 Å². The van der Waals surface area contributed by atoms with Crippen LogP contribution in [0.4, 0.5) is 0 Å². The van der Waals surface area contributed by atoms with Crippen molar-refractivity contribution in [3.8, 4) is 17.2 Å². The van der Waals surface area contributed by atoms with Gasteiger partial charge in [0.2, 0.25) is 0 Å². The molecule has 2 aromatic rings. The van der Waals surface area contributed by atoms with E-state index in [2.05, 4.69) is 5.32 Å². The third-order valence-corrected chi connectivity index (χ3v) is 4.04. The average Bonchev–Trinajstić information content (AvgIpc) is 2.67. The smallest absolute Gasteiger partial charge is 0.261 e.